The number of anilines is 1. The Morgan fingerprint density at radius 2 is 1.58 bits per heavy atom. The van der Waals surface area contributed by atoms with Gasteiger partial charge in [-0.2, -0.15) is 0 Å². The van der Waals surface area contributed by atoms with E-state index >= 15 is 0 Å². The van der Waals surface area contributed by atoms with Gasteiger partial charge in [0.05, 0.1) is 12.0 Å². The highest BCUT2D eigenvalue weighted by molar-refractivity contribution is 6.13. The van der Waals surface area contributed by atoms with Gasteiger partial charge in [-0.05, 0) is 44.9 Å². The van der Waals surface area contributed by atoms with E-state index < -0.39 is 41.0 Å². The number of imide groups is 1. The fraction of sp³-hybridized carbons (Fsp3) is 0.481. The molecule has 0 saturated carbocycles. The van der Waals surface area contributed by atoms with Crippen molar-refractivity contribution in [2.75, 3.05) is 18.4 Å². The summed E-state index contributed by atoms with van der Waals surface area (Å²) in [4.78, 5) is 72.3. The van der Waals surface area contributed by atoms with Crippen LogP contribution in [0.25, 0.3) is 0 Å². The maximum absolute atomic E-state index is 12.2. The van der Waals surface area contributed by atoms with Gasteiger partial charge in [0.1, 0.15) is 12.6 Å². The van der Waals surface area contributed by atoms with Gasteiger partial charge in [0, 0.05) is 35.1 Å². The molecule has 0 fully saturated rings. The Morgan fingerprint density at radius 1 is 1.00 bits per heavy atom. The molecule has 0 radical (unpaired) electrons. The molecule has 0 saturated heterocycles. The standard InChI is InChI=1S/C25H32N4O7.C2H6.3H2/c1-5-25(3,4)24(35)36-15-17-6-8-18(9-7-17)28-20(31)14-26-23(34)16(2)27-19(30)12-13-29-21(32)10-11-22(29)33;1-2;;;/h6-11,16H,5,12-15H2,1-4H3,(H,26,34)(H,27,30)(H,28,31);1-2H3;3*1H/t16-;;;;/m0..../s1. The number of carbonyl (C=O) groups excluding carboxylic acids is 6. The maximum atomic E-state index is 12.2. The third-order valence-electron chi connectivity index (χ3n) is 5.70. The molecule has 1 atom stereocenters. The third-order valence-corrected chi connectivity index (χ3v) is 5.70. The second-order valence-corrected chi connectivity index (χ2v) is 8.98. The first-order valence-electron chi connectivity index (χ1n) is 12.6. The van der Waals surface area contributed by atoms with E-state index in [9.17, 15) is 28.8 Å². The smallest absolute Gasteiger partial charge is 0.311 e. The Morgan fingerprint density at radius 3 is 2.13 bits per heavy atom. The number of ether oxygens (including phenoxy) is 1. The number of nitrogens with one attached hydrogen (secondary N) is 3. The molecule has 0 bridgehead atoms. The Balaban J connectivity index is -0.00000282. The van der Waals surface area contributed by atoms with Crippen LogP contribution >= 0.6 is 0 Å². The lowest BCUT2D eigenvalue weighted by Gasteiger charge is -2.20. The van der Waals surface area contributed by atoms with Crippen LogP contribution in [0.15, 0.2) is 36.4 Å². The minimum Gasteiger partial charge on any atom is -0.460 e. The van der Waals surface area contributed by atoms with Crippen molar-refractivity contribution >= 4 is 41.2 Å². The zero-order valence-electron chi connectivity index (χ0n) is 22.9. The Hall–Kier alpha value is -4.02. The number of carbonyl (C=O) groups is 6. The summed E-state index contributed by atoms with van der Waals surface area (Å²) in [5.41, 5.74) is 0.714. The fourth-order valence-corrected chi connectivity index (χ4v) is 2.94. The number of benzene rings is 1. The molecule has 1 heterocycles. The van der Waals surface area contributed by atoms with Crippen LogP contribution < -0.4 is 16.0 Å². The SMILES string of the molecule is CC.CCC(C)(C)C(=O)OCc1ccc(NC(=O)CNC(=O)[C@H](C)NC(=O)CCN2C(=O)C=CC2=O)cc1.[HH].[HH].[HH]. The highest BCUT2D eigenvalue weighted by atomic mass is 16.5. The number of nitrogens with zero attached hydrogens (tertiary/aromatic N) is 1. The minimum atomic E-state index is -0.923. The van der Waals surface area contributed by atoms with Crippen molar-refractivity contribution in [3.63, 3.8) is 0 Å². The van der Waals surface area contributed by atoms with Gasteiger partial charge in [-0.3, -0.25) is 33.7 Å². The van der Waals surface area contributed by atoms with E-state index in [-0.39, 0.29) is 36.4 Å². The summed E-state index contributed by atoms with van der Waals surface area (Å²) in [5, 5.41) is 7.53. The molecule has 5 amide bonds. The third kappa shape index (κ3) is 10.2. The first-order valence-corrected chi connectivity index (χ1v) is 12.6. The van der Waals surface area contributed by atoms with Crippen LogP contribution in [0, 0.1) is 5.41 Å². The molecule has 0 aromatic heterocycles. The lowest BCUT2D eigenvalue weighted by Crippen LogP contribution is -2.47. The normalized spacial score (nSPS) is 13.3. The van der Waals surface area contributed by atoms with Crippen molar-refractivity contribution in [3.05, 3.63) is 42.0 Å². The molecule has 11 nitrogen and oxygen atoms in total. The fourth-order valence-electron chi connectivity index (χ4n) is 2.94. The Bertz CT molecular complexity index is 1050. The molecule has 11 heteroatoms. The monoisotopic (exact) mass is 536 g/mol. The minimum absolute atomic E-state index is 0. The van der Waals surface area contributed by atoms with Gasteiger partial charge in [0.15, 0.2) is 0 Å². The number of rotatable bonds is 12. The number of hydrogen-bond acceptors (Lipinski definition) is 7. The molecule has 3 N–H and O–H groups in total. The summed E-state index contributed by atoms with van der Waals surface area (Å²) < 4.78 is 5.33. The summed E-state index contributed by atoms with van der Waals surface area (Å²) in [6.07, 6.45) is 2.77. The van der Waals surface area contributed by atoms with Crippen LogP contribution in [0.3, 0.4) is 0 Å². The quantitative estimate of drug-likeness (QED) is 0.274. The van der Waals surface area contributed by atoms with Crippen LogP contribution in [-0.4, -0.2) is 59.5 Å². The average molecular weight is 537 g/mol. The van der Waals surface area contributed by atoms with Crippen molar-refractivity contribution in [1.29, 1.82) is 0 Å². The average Bonchev–Trinajstić information content (AvgIpc) is 3.23. The predicted molar refractivity (Wildman–Crippen MR) is 148 cm³/mol. The van der Waals surface area contributed by atoms with Gasteiger partial charge in [-0.1, -0.05) is 32.9 Å². The van der Waals surface area contributed by atoms with Crippen LogP contribution in [0.1, 0.15) is 64.2 Å². The molecule has 1 aromatic carbocycles. The van der Waals surface area contributed by atoms with Crippen molar-refractivity contribution < 1.29 is 37.8 Å². The summed E-state index contributed by atoms with van der Waals surface area (Å²) in [6, 6.07) is 5.83. The lowest BCUT2D eigenvalue weighted by molar-refractivity contribution is -0.155. The molecule has 0 spiro atoms. The van der Waals surface area contributed by atoms with E-state index in [1.165, 1.54) is 6.92 Å². The van der Waals surface area contributed by atoms with E-state index in [1.807, 2.05) is 34.6 Å². The highest BCUT2D eigenvalue weighted by Crippen LogP contribution is 2.22. The summed E-state index contributed by atoms with van der Waals surface area (Å²) in [7, 11) is 0. The van der Waals surface area contributed by atoms with E-state index in [2.05, 4.69) is 16.0 Å². The lowest BCUT2D eigenvalue weighted by atomic mass is 9.91. The summed E-state index contributed by atoms with van der Waals surface area (Å²) >= 11 is 0. The Kier molecular flexibility index (Phi) is 12.9. The van der Waals surface area contributed by atoms with Gasteiger partial charge < -0.3 is 20.7 Å². The van der Waals surface area contributed by atoms with Gasteiger partial charge in [0.25, 0.3) is 11.8 Å². The van der Waals surface area contributed by atoms with E-state index in [4.69, 9.17) is 4.74 Å². The number of amides is 5. The van der Waals surface area contributed by atoms with Crippen LogP contribution in [-0.2, 0) is 40.1 Å². The topological polar surface area (TPSA) is 151 Å². The number of esters is 1. The summed E-state index contributed by atoms with van der Waals surface area (Å²) in [6.45, 7) is 10.7. The molecule has 1 aliphatic rings. The van der Waals surface area contributed by atoms with Gasteiger partial charge in [-0.25, -0.2) is 0 Å². The molecule has 2 rings (SSSR count). The first kappa shape index (κ1) is 32.0. The second kappa shape index (κ2) is 15.3. The molecule has 0 unspecified atom stereocenters. The molecular weight excluding hydrogens is 492 g/mol. The van der Waals surface area contributed by atoms with E-state index in [1.54, 1.807) is 24.3 Å². The zero-order valence-corrected chi connectivity index (χ0v) is 22.9. The summed E-state index contributed by atoms with van der Waals surface area (Å²) in [5.74, 6) is -2.81. The predicted octanol–water partition coefficient (Wildman–Crippen LogP) is 2.80. The van der Waals surface area contributed by atoms with Crippen LogP contribution in [0.4, 0.5) is 5.69 Å². The highest BCUT2D eigenvalue weighted by Gasteiger charge is 2.27. The van der Waals surface area contributed by atoms with Crippen LogP contribution in [0.5, 0.6) is 0 Å². The van der Waals surface area contributed by atoms with E-state index in [0.717, 1.165) is 22.6 Å². The first-order chi connectivity index (χ1) is 17.9. The van der Waals surface area contributed by atoms with Crippen molar-refractivity contribution in [3.8, 4) is 0 Å². The van der Waals surface area contributed by atoms with Gasteiger partial charge in [0.2, 0.25) is 17.7 Å². The molecule has 214 valence electrons. The molecule has 0 aliphatic carbocycles. The van der Waals surface area contributed by atoms with Crippen molar-refractivity contribution in [2.45, 2.75) is 67.0 Å². The molecule has 1 aromatic rings. The maximum Gasteiger partial charge on any atom is 0.311 e. The van der Waals surface area contributed by atoms with Crippen LogP contribution in [0.2, 0.25) is 0 Å². The Labute approximate surface area is 227 Å². The van der Waals surface area contributed by atoms with Gasteiger partial charge >= 0.3 is 5.97 Å². The zero-order chi connectivity index (χ0) is 28.9. The van der Waals surface area contributed by atoms with Crippen molar-refractivity contribution in [1.82, 2.24) is 15.5 Å². The number of hydrogen-bond donors (Lipinski definition) is 3. The molecule has 38 heavy (non-hydrogen) atoms. The van der Waals surface area contributed by atoms with Gasteiger partial charge in [-0.15, -0.1) is 0 Å². The van der Waals surface area contributed by atoms with E-state index in [0.29, 0.717) is 12.1 Å². The largest absolute Gasteiger partial charge is 0.460 e. The molecule has 1 aliphatic heterocycles. The second-order valence-electron chi connectivity index (χ2n) is 8.98. The van der Waals surface area contributed by atoms with Crippen molar-refractivity contribution in [2.24, 2.45) is 5.41 Å². The molecular formula is C27H44N4O7.